The van der Waals surface area contributed by atoms with E-state index in [9.17, 15) is 25.2 Å². The Kier molecular flexibility index (Phi) is 62.1. The summed E-state index contributed by atoms with van der Waals surface area (Å²) in [6.07, 6.45) is 77.7. The fourth-order valence-corrected chi connectivity index (χ4v) is 11.2. The lowest BCUT2D eigenvalue weighted by Crippen LogP contribution is -2.53. The summed E-state index contributed by atoms with van der Waals surface area (Å²) >= 11 is 0. The zero-order valence-electron chi connectivity index (χ0n) is 50.4. The van der Waals surface area contributed by atoms with E-state index in [2.05, 4.69) is 31.3 Å². The van der Waals surface area contributed by atoms with Gasteiger partial charge in [0.25, 0.3) is 0 Å². The Hall–Kier alpha value is -0.950. The van der Waals surface area contributed by atoms with Gasteiger partial charge in [-0.15, -0.1) is 0 Å². The molecule has 0 aliphatic carbocycles. The highest BCUT2D eigenvalue weighted by Crippen LogP contribution is 2.20. The molecule has 74 heavy (non-hydrogen) atoms. The molecule has 6 nitrogen and oxygen atoms in total. The van der Waals surface area contributed by atoms with Gasteiger partial charge >= 0.3 is 0 Å². The number of carbonyl (C=O) groups is 1. The fraction of sp³-hybridized carbons (Fsp3) is 0.956. The maximum atomic E-state index is 12.6. The highest BCUT2D eigenvalue weighted by atomic mass is 16.3. The predicted molar refractivity (Wildman–Crippen MR) is 325 cm³/mol. The summed E-state index contributed by atoms with van der Waals surface area (Å²) in [7, 11) is 0. The molecule has 1 amide bonds. The second-order valence-corrected chi connectivity index (χ2v) is 23.9. The van der Waals surface area contributed by atoms with Crippen LogP contribution in [0.2, 0.25) is 0 Å². The lowest BCUT2D eigenvalue weighted by atomic mass is 10.00. The molecule has 442 valence electrons. The third-order valence-corrected chi connectivity index (χ3v) is 16.5. The molecule has 0 heterocycles. The van der Waals surface area contributed by atoms with E-state index >= 15 is 0 Å². The second-order valence-electron chi connectivity index (χ2n) is 23.9. The van der Waals surface area contributed by atoms with Crippen molar-refractivity contribution in [2.75, 3.05) is 6.61 Å². The maximum Gasteiger partial charge on any atom is 0.249 e. The number of unbranched alkanes of at least 4 members (excludes halogenated alkanes) is 53. The van der Waals surface area contributed by atoms with Crippen molar-refractivity contribution in [3.05, 3.63) is 12.2 Å². The van der Waals surface area contributed by atoms with Crippen LogP contribution < -0.4 is 5.32 Å². The molecular formula is C68H135NO5. The molecule has 0 radical (unpaired) electrons. The van der Waals surface area contributed by atoms with E-state index in [0.29, 0.717) is 12.8 Å². The van der Waals surface area contributed by atoms with Gasteiger partial charge in [0.1, 0.15) is 12.2 Å². The minimum atomic E-state index is -1.28. The van der Waals surface area contributed by atoms with Crippen molar-refractivity contribution in [3.63, 3.8) is 0 Å². The van der Waals surface area contributed by atoms with Crippen molar-refractivity contribution >= 4 is 5.91 Å². The fourth-order valence-electron chi connectivity index (χ4n) is 11.2. The second kappa shape index (κ2) is 62.9. The van der Waals surface area contributed by atoms with Gasteiger partial charge in [-0.25, -0.2) is 0 Å². The lowest BCUT2D eigenvalue weighted by molar-refractivity contribution is -0.132. The topological polar surface area (TPSA) is 110 Å². The first kappa shape index (κ1) is 73.0. The summed E-state index contributed by atoms with van der Waals surface area (Å²) in [6, 6.07) is -1.00. The van der Waals surface area contributed by atoms with Crippen molar-refractivity contribution in [3.8, 4) is 0 Å². The highest BCUT2D eigenvalue weighted by molar-refractivity contribution is 5.80. The molecule has 4 unspecified atom stereocenters. The highest BCUT2D eigenvalue weighted by Gasteiger charge is 2.28. The molecule has 0 fully saturated rings. The molecule has 6 heteroatoms. The van der Waals surface area contributed by atoms with E-state index in [1.165, 1.54) is 321 Å². The van der Waals surface area contributed by atoms with Crippen molar-refractivity contribution in [2.45, 2.75) is 411 Å². The van der Waals surface area contributed by atoms with E-state index in [0.717, 1.165) is 38.5 Å². The van der Waals surface area contributed by atoms with Crippen molar-refractivity contribution in [1.29, 1.82) is 0 Å². The van der Waals surface area contributed by atoms with Crippen LogP contribution in [0, 0.1) is 0 Å². The number of rotatable bonds is 64. The predicted octanol–water partition coefficient (Wildman–Crippen LogP) is 20.8. The zero-order chi connectivity index (χ0) is 53.7. The van der Waals surface area contributed by atoms with Crippen LogP contribution in [0.15, 0.2) is 12.2 Å². The van der Waals surface area contributed by atoms with Crippen LogP contribution in [0.25, 0.3) is 0 Å². The van der Waals surface area contributed by atoms with E-state index in [-0.39, 0.29) is 0 Å². The van der Waals surface area contributed by atoms with Gasteiger partial charge in [-0.3, -0.25) is 4.79 Å². The smallest absolute Gasteiger partial charge is 0.249 e. The van der Waals surface area contributed by atoms with Gasteiger partial charge in [-0.05, 0) is 38.5 Å². The van der Waals surface area contributed by atoms with E-state index in [1.54, 1.807) is 0 Å². The van der Waals surface area contributed by atoms with Crippen LogP contribution in [0.4, 0.5) is 0 Å². The number of hydrogen-bond acceptors (Lipinski definition) is 5. The Morgan fingerprint density at radius 2 is 0.554 bits per heavy atom. The van der Waals surface area contributed by atoms with Crippen LogP contribution in [0.3, 0.4) is 0 Å². The molecule has 0 aromatic rings. The third-order valence-electron chi connectivity index (χ3n) is 16.5. The Labute approximate surface area is 463 Å². The minimum Gasteiger partial charge on any atom is -0.394 e. The molecule has 0 saturated heterocycles. The van der Waals surface area contributed by atoms with E-state index < -0.39 is 36.9 Å². The van der Waals surface area contributed by atoms with Crippen molar-refractivity contribution in [1.82, 2.24) is 5.32 Å². The normalized spacial score (nSPS) is 13.5. The van der Waals surface area contributed by atoms with Gasteiger partial charge < -0.3 is 25.7 Å². The first-order valence-electron chi connectivity index (χ1n) is 34.1. The number of nitrogens with one attached hydrogen (secondary N) is 1. The molecule has 0 bridgehead atoms. The van der Waals surface area contributed by atoms with Gasteiger partial charge in [-0.2, -0.15) is 0 Å². The number of aliphatic hydroxyl groups excluding tert-OH is 4. The summed E-state index contributed by atoms with van der Waals surface area (Å²) < 4.78 is 0. The summed E-state index contributed by atoms with van der Waals surface area (Å²) in [4.78, 5) is 12.6. The number of allylic oxidation sites excluding steroid dienone is 2. The van der Waals surface area contributed by atoms with Crippen LogP contribution in [-0.2, 0) is 4.79 Å². The molecule has 4 atom stereocenters. The quantitative estimate of drug-likeness (QED) is 0.0308. The Morgan fingerprint density at radius 3 is 0.811 bits per heavy atom. The summed E-state index contributed by atoms with van der Waals surface area (Å²) in [6.45, 7) is 4.10. The lowest BCUT2D eigenvalue weighted by Gasteiger charge is -2.27. The number of amides is 1. The number of aliphatic hydroxyl groups is 4. The summed E-state index contributed by atoms with van der Waals surface area (Å²) in [5.74, 6) is -0.584. The van der Waals surface area contributed by atoms with Crippen LogP contribution in [0.5, 0.6) is 0 Å². The maximum absolute atomic E-state index is 12.6. The van der Waals surface area contributed by atoms with Crippen molar-refractivity contribution in [2.24, 2.45) is 0 Å². The van der Waals surface area contributed by atoms with E-state index in [4.69, 9.17) is 0 Å². The van der Waals surface area contributed by atoms with Crippen molar-refractivity contribution < 1.29 is 25.2 Å². The standard InChI is InChI=1S/C68H135NO5/c1-3-5-7-9-11-13-15-17-19-21-23-25-27-29-31-32-33-34-36-38-40-42-44-46-48-50-52-54-56-58-60-62-66(72)68(74)69-64(63-70)67(73)65(71)61-59-57-55-53-51-49-47-45-43-41-39-37-35-30-28-26-24-22-20-18-16-14-12-10-8-6-4-2/h53,55,64-67,70-73H,3-52,54,56-63H2,1-2H3,(H,69,74)/b55-53+. The van der Waals surface area contributed by atoms with Gasteiger partial charge in [0.05, 0.1) is 18.8 Å². The molecule has 0 saturated carbocycles. The van der Waals surface area contributed by atoms with Crippen LogP contribution in [-0.4, -0.2) is 57.3 Å². The first-order chi connectivity index (χ1) is 36.5. The molecule has 0 spiro atoms. The van der Waals surface area contributed by atoms with Gasteiger partial charge in [0.2, 0.25) is 5.91 Å². The van der Waals surface area contributed by atoms with Gasteiger partial charge in [0.15, 0.2) is 0 Å². The molecule has 0 rings (SSSR count). The average molecular weight is 1050 g/mol. The first-order valence-corrected chi connectivity index (χ1v) is 34.1. The molecule has 0 aromatic carbocycles. The Morgan fingerprint density at radius 1 is 0.324 bits per heavy atom. The number of carbonyl (C=O) groups excluding carboxylic acids is 1. The zero-order valence-corrected chi connectivity index (χ0v) is 50.4. The molecular weight excluding hydrogens is 911 g/mol. The third kappa shape index (κ3) is 55.8. The van der Waals surface area contributed by atoms with Gasteiger partial charge in [0, 0.05) is 0 Å². The van der Waals surface area contributed by atoms with Gasteiger partial charge in [-0.1, -0.05) is 360 Å². The largest absolute Gasteiger partial charge is 0.394 e. The SMILES string of the molecule is CCCCCCCCCCCCCCCCCCCCCCCC/C=C/CCCC(O)C(O)C(CO)NC(=O)C(O)CCCCCCCCCCCCCCCCCCCCCCCCCCCCCCCCC. The van der Waals surface area contributed by atoms with Crippen LogP contribution in [0.1, 0.15) is 386 Å². The van der Waals surface area contributed by atoms with Crippen LogP contribution >= 0.6 is 0 Å². The molecule has 0 aliphatic rings. The summed E-state index contributed by atoms with van der Waals surface area (Å²) in [5.41, 5.74) is 0. The molecule has 5 N–H and O–H groups in total. The van der Waals surface area contributed by atoms with E-state index in [1.807, 2.05) is 0 Å². The Balaban J connectivity index is 3.55. The summed E-state index contributed by atoms with van der Waals surface area (Å²) in [5, 5.41) is 44.2. The number of hydrogen-bond donors (Lipinski definition) is 5. The Bertz CT molecular complexity index is 1080. The average Bonchev–Trinajstić information content (AvgIpc) is 3.41. The molecule has 0 aromatic heterocycles. The monoisotopic (exact) mass is 1050 g/mol. The molecule has 0 aliphatic heterocycles. The minimum absolute atomic E-state index is 0.369.